The number of aromatic nitrogens is 2. The zero-order valence-electron chi connectivity index (χ0n) is 7.93. The van der Waals surface area contributed by atoms with Crippen LogP contribution in [0.5, 0.6) is 0 Å². The van der Waals surface area contributed by atoms with E-state index in [1.807, 2.05) is 0 Å². The monoisotopic (exact) mass is 319 g/mol. The number of hydrogen-bond acceptors (Lipinski definition) is 3. The third-order valence-corrected chi connectivity index (χ3v) is 3.52. The number of hydrogen-bond donors (Lipinski definition) is 0. The van der Waals surface area contributed by atoms with Crippen LogP contribution in [-0.4, -0.2) is 28.0 Å². The molecular formula is C9H11Br2N3. The Balaban J connectivity index is 2.37. The maximum Gasteiger partial charge on any atom is 0.197 e. The van der Waals surface area contributed by atoms with Gasteiger partial charge in [-0.25, -0.2) is 9.97 Å². The van der Waals surface area contributed by atoms with Crippen molar-refractivity contribution < 1.29 is 0 Å². The van der Waals surface area contributed by atoms with Gasteiger partial charge in [0, 0.05) is 25.1 Å². The SMILES string of the molecule is CCN1CCc2nc(Br)nc(Br)c2C1. The van der Waals surface area contributed by atoms with E-state index in [0.29, 0.717) is 4.73 Å². The molecule has 1 aromatic heterocycles. The van der Waals surface area contributed by atoms with Crippen LogP contribution in [0.3, 0.4) is 0 Å². The summed E-state index contributed by atoms with van der Waals surface area (Å²) in [6, 6.07) is 0. The lowest BCUT2D eigenvalue weighted by Gasteiger charge is -2.27. The summed E-state index contributed by atoms with van der Waals surface area (Å²) in [4.78, 5) is 11.0. The molecule has 0 unspecified atom stereocenters. The Bertz CT molecular complexity index is 354. The van der Waals surface area contributed by atoms with E-state index in [-0.39, 0.29) is 0 Å². The van der Waals surface area contributed by atoms with Gasteiger partial charge in [-0.3, -0.25) is 4.90 Å². The molecule has 0 fully saturated rings. The highest BCUT2D eigenvalue weighted by Crippen LogP contribution is 2.25. The Morgan fingerprint density at radius 3 is 2.86 bits per heavy atom. The Hall–Kier alpha value is -0.0000000000000000555. The van der Waals surface area contributed by atoms with E-state index in [4.69, 9.17) is 0 Å². The molecule has 0 saturated carbocycles. The van der Waals surface area contributed by atoms with Crippen molar-refractivity contribution in [2.24, 2.45) is 0 Å². The van der Waals surface area contributed by atoms with Gasteiger partial charge in [-0.15, -0.1) is 0 Å². The fraction of sp³-hybridized carbons (Fsp3) is 0.556. The molecule has 5 heteroatoms. The summed E-state index contributed by atoms with van der Waals surface area (Å²) in [5.41, 5.74) is 2.41. The second-order valence-electron chi connectivity index (χ2n) is 3.33. The third-order valence-electron chi connectivity index (χ3n) is 2.51. The molecule has 0 bridgehead atoms. The first kappa shape index (κ1) is 10.5. The second-order valence-corrected chi connectivity index (χ2v) is 4.79. The van der Waals surface area contributed by atoms with E-state index in [1.54, 1.807) is 0 Å². The van der Waals surface area contributed by atoms with Gasteiger partial charge < -0.3 is 0 Å². The Morgan fingerprint density at radius 2 is 2.14 bits per heavy atom. The summed E-state index contributed by atoms with van der Waals surface area (Å²) in [5, 5.41) is 0. The largest absolute Gasteiger partial charge is 0.299 e. The third kappa shape index (κ3) is 1.99. The minimum absolute atomic E-state index is 0.674. The first-order chi connectivity index (χ1) is 6.70. The average Bonchev–Trinajstić information content (AvgIpc) is 2.17. The van der Waals surface area contributed by atoms with Gasteiger partial charge in [0.2, 0.25) is 0 Å². The van der Waals surface area contributed by atoms with Crippen molar-refractivity contribution in [3.8, 4) is 0 Å². The van der Waals surface area contributed by atoms with Crippen molar-refractivity contribution >= 4 is 31.9 Å². The van der Waals surface area contributed by atoms with E-state index >= 15 is 0 Å². The lowest BCUT2D eigenvalue weighted by atomic mass is 10.1. The Morgan fingerprint density at radius 1 is 1.36 bits per heavy atom. The van der Waals surface area contributed by atoms with Crippen LogP contribution in [0.2, 0.25) is 0 Å². The molecule has 0 spiro atoms. The zero-order valence-corrected chi connectivity index (χ0v) is 11.1. The van der Waals surface area contributed by atoms with Gasteiger partial charge in [-0.1, -0.05) is 6.92 Å². The predicted molar refractivity (Wildman–Crippen MR) is 62.1 cm³/mol. The molecule has 14 heavy (non-hydrogen) atoms. The summed E-state index contributed by atoms with van der Waals surface area (Å²) >= 11 is 6.79. The van der Waals surface area contributed by atoms with Crippen LogP contribution >= 0.6 is 31.9 Å². The van der Waals surface area contributed by atoms with E-state index in [1.165, 1.54) is 11.3 Å². The molecule has 0 atom stereocenters. The number of halogens is 2. The van der Waals surface area contributed by atoms with Gasteiger partial charge in [0.25, 0.3) is 0 Å². The lowest BCUT2D eigenvalue weighted by Crippen LogP contribution is -2.31. The number of fused-ring (bicyclic) bond motifs is 1. The van der Waals surface area contributed by atoms with Crippen LogP contribution in [0, 0.1) is 0 Å². The van der Waals surface area contributed by atoms with Crippen molar-refractivity contribution in [1.29, 1.82) is 0 Å². The van der Waals surface area contributed by atoms with Crippen molar-refractivity contribution in [2.75, 3.05) is 13.1 Å². The zero-order chi connectivity index (χ0) is 10.1. The van der Waals surface area contributed by atoms with Gasteiger partial charge in [-0.2, -0.15) is 0 Å². The van der Waals surface area contributed by atoms with Crippen LogP contribution in [0.15, 0.2) is 9.34 Å². The summed E-state index contributed by atoms with van der Waals surface area (Å²) in [5.74, 6) is 0. The van der Waals surface area contributed by atoms with E-state index in [0.717, 1.165) is 30.7 Å². The van der Waals surface area contributed by atoms with E-state index < -0.39 is 0 Å². The highest BCUT2D eigenvalue weighted by atomic mass is 79.9. The second kappa shape index (κ2) is 4.24. The molecule has 0 aromatic carbocycles. The van der Waals surface area contributed by atoms with E-state index in [2.05, 4.69) is 53.7 Å². The molecule has 3 nitrogen and oxygen atoms in total. The molecule has 0 N–H and O–H groups in total. The molecule has 0 radical (unpaired) electrons. The minimum Gasteiger partial charge on any atom is -0.299 e. The lowest BCUT2D eigenvalue weighted by molar-refractivity contribution is 0.264. The molecule has 2 heterocycles. The standard InChI is InChI=1S/C9H11Br2N3/c1-2-14-4-3-7-6(5-14)8(10)13-9(11)12-7/h2-5H2,1H3. The van der Waals surface area contributed by atoms with Crippen molar-refractivity contribution in [3.63, 3.8) is 0 Å². The van der Waals surface area contributed by atoms with Gasteiger partial charge >= 0.3 is 0 Å². The van der Waals surface area contributed by atoms with Gasteiger partial charge in [-0.05, 0) is 38.4 Å². The molecule has 0 aliphatic carbocycles. The van der Waals surface area contributed by atoms with Crippen LogP contribution in [-0.2, 0) is 13.0 Å². The fourth-order valence-corrected chi connectivity index (χ4v) is 2.82. The van der Waals surface area contributed by atoms with Crippen molar-refractivity contribution in [2.45, 2.75) is 19.9 Å². The average molecular weight is 321 g/mol. The summed E-state index contributed by atoms with van der Waals surface area (Å²) in [7, 11) is 0. The van der Waals surface area contributed by atoms with Gasteiger partial charge in [0.05, 0.1) is 5.69 Å². The first-order valence-electron chi connectivity index (χ1n) is 4.64. The molecule has 1 aromatic rings. The quantitative estimate of drug-likeness (QED) is 0.587. The summed E-state index contributed by atoms with van der Waals surface area (Å²) in [6.45, 7) is 5.32. The fourth-order valence-electron chi connectivity index (χ4n) is 1.67. The normalized spacial score (nSPS) is 16.8. The molecule has 1 aliphatic heterocycles. The molecule has 0 saturated heterocycles. The summed E-state index contributed by atoms with van der Waals surface area (Å²) < 4.78 is 1.60. The van der Waals surface area contributed by atoms with E-state index in [9.17, 15) is 0 Å². The van der Waals surface area contributed by atoms with Gasteiger partial charge in [0.15, 0.2) is 4.73 Å². The smallest absolute Gasteiger partial charge is 0.197 e. The minimum atomic E-state index is 0.674. The van der Waals surface area contributed by atoms with Crippen LogP contribution in [0.1, 0.15) is 18.2 Å². The maximum absolute atomic E-state index is 4.39. The molecule has 2 rings (SSSR count). The van der Waals surface area contributed by atoms with Crippen LogP contribution in [0.4, 0.5) is 0 Å². The maximum atomic E-state index is 4.39. The van der Waals surface area contributed by atoms with Crippen molar-refractivity contribution in [3.05, 3.63) is 20.6 Å². The highest BCUT2D eigenvalue weighted by Gasteiger charge is 2.19. The Kier molecular flexibility index (Phi) is 3.19. The number of rotatable bonds is 1. The topological polar surface area (TPSA) is 29.0 Å². The molecule has 1 aliphatic rings. The molecule has 0 amide bonds. The number of likely N-dealkylation sites (N-methyl/N-ethyl adjacent to an activating group) is 1. The number of nitrogens with zero attached hydrogens (tertiary/aromatic N) is 3. The highest BCUT2D eigenvalue weighted by molar-refractivity contribution is 9.11. The van der Waals surface area contributed by atoms with Crippen LogP contribution in [0.25, 0.3) is 0 Å². The van der Waals surface area contributed by atoms with Gasteiger partial charge in [0.1, 0.15) is 4.60 Å². The van der Waals surface area contributed by atoms with Crippen molar-refractivity contribution in [1.82, 2.24) is 14.9 Å². The summed E-state index contributed by atoms with van der Waals surface area (Å²) in [6.07, 6.45) is 1.02. The Labute approximate surface area is 100 Å². The molecule has 76 valence electrons. The first-order valence-corrected chi connectivity index (χ1v) is 6.22. The molecular weight excluding hydrogens is 310 g/mol. The predicted octanol–water partition coefficient (Wildman–Crippen LogP) is 2.38. The van der Waals surface area contributed by atoms with Crippen LogP contribution < -0.4 is 0 Å².